The van der Waals surface area contributed by atoms with E-state index in [4.69, 9.17) is 4.74 Å². The maximum absolute atomic E-state index is 10.6. The van der Waals surface area contributed by atoms with Crippen molar-refractivity contribution in [2.75, 3.05) is 25.1 Å². The van der Waals surface area contributed by atoms with E-state index in [9.17, 15) is 5.11 Å². The zero-order valence-corrected chi connectivity index (χ0v) is 12.5. The van der Waals surface area contributed by atoms with Crippen LogP contribution in [0.25, 0.3) is 0 Å². The van der Waals surface area contributed by atoms with Gasteiger partial charge in [0.1, 0.15) is 11.9 Å². The van der Waals surface area contributed by atoms with Crippen LogP contribution in [0.15, 0.2) is 42.5 Å². The average molecular weight is 283 g/mol. The predicted molar refractivity (Wildman–Crippen MR) is 85.1 cm³/mol. The van der Waals surface area contributed by atoms with Crippen LogP contribution in [0.5, 0.6) is 5.75 Å². The number of likely N-dealkylation sites (N-methyl/N-ethyl adjacent to an activating group) is 1. The highest BCUT2D eigenvalue weighted by atomic mass is 16.5. The summed E-state index contributed by atoms with van der Waals surface area (Å²) < 4.78 is 5.50. The fourth-order valence-corrected chi connectivity index (χ4v) is 2.89. The van der Waals surface area contributed by atoms with Crippen LogP contribution in [0.4, 0.5) is 5.69 Å². The lowest BCUT2D eigenvalue weighted by Crippen LogP contribution is -2.12. The third-order valence-electron chi connectivity index (χ3n) is 4.03. The Bertz CT molecular complexity index is 639. The third-order valence-corrected chi connectivity index (χ3v) is 4.03. The quantitative estimate of drug-likeness (QED) is 0.935. The lowest BCUT2D eigenvalue weighted by atomic mass is 9.98. The first-order chi connectivity index (χ1) is 10.2. The Morgan fingerprint density at radius 1 is 1.19 bits per heavy atom. The summed E-state index contributed by atoms with van der Waals surface area (Å²) >= 11 is 0. The van der Waals surface area contributed by atoms with E-state index in [1.165, 1.54) is 11.3 Å². The normalized spacial score (nSPS) is 14.9. The molecular formula is C18H21NO2. The highest BCUT2D eigenvalue weighted by Crippen LogP contribution is 2.32. The van der Waals surface area contributed by atoms with E-state index in [-0.39, 0.29) is 0 Å². The average Bonchev–Trinajstić information content (AvgIpc) is 2.88. The van der Waals surface area contributed by atoms with Crippen molar-refractivity contribution < 1.29 is 9.84 Å². The third kappa shape index (κ3) is 2.74. The summed E-state index contributed by atoms with van der Waals surface area (Å²) in [4.78, 5) is 2.25. The van der Waals surface area contributed by atoms with Crippen molar-refractivity contribution in [2.24, 2.45) is 0 Å². The lowest BCUT2D eigenvalue weighted by Gasteiger charge is -2.16. The van der Waals surface area contributed by atoms with Crippen LogP contribution in [0.3, 0.4) is 0 Å². The summed E-state index contributed by atoms with van der Waals surface area (Å²) in [5.74, 6) is 0.801. The number of benzene rings is 2. The first kappa shape index (κ1) is 14.0. The zero-order chi connectivity index (χ0) is 14.8. The molecule has 3 nitrogen and oxygen atoms in total. The molecule has 0 aliphatic carbocycles. The number of ether oxygens (including phenoxy) is 1. The molecule has 3 heteroatoms. The molecule has 1 heterocycles. The molecule has 0 aromatic heterocycles. The van der Waals surface area contributed by atoms with E-state index in [1.54, 1.807) is 0 Å². The van der Waals surface area contributed by atoms with Gasteiger partial charge in [-0.25, -0.2) is 0 Å². The number of fused-ring (bicyclic) bond motifs is 1. The maximum Gasteiger partial charge on any atom is 0.119 e. The Balaban J connectivity index is 1.88. The molecule has 0 fully saturated rings. The van der Waals surface area contributed by atoms with Gasteiger partial charge in [-0.2, -0.15) is 0 Å². The Hall–Kier alpha value is -2.00. The van der Waals surface area contributed by atoms with Gasteiger partial charge in [0.2, 0.25) is 0 Å². The van der Waals surface area contributed by atoms with Crippen molar-refractivity contribution in [3.05, 3.63) is 59.2 Å². The van der Waals surface area contributed by atoms with Crippen molar-refractivity contribution in [2.45, 2.75) is 19.4 Å². The number of hydrogen-bond acceptors (Lipinski definition) is 3. The zero-order valence-electron chi connectivity index (χ0n) is 12.5. The Kier molecular flexibility index (Phi) is 3.84. The molecule has 21 heavy (non-hydrogen) atoms. The van der Waals surface area contributed by atoms with Crippen molar-refractivity contribution in [3.8, 4) is 5.75 Å². The van der Waals surface area contributed by atoms with Gasteiger partial charge in [-0.15, -0.1) is 0 Å². The molecule has 1 atom stereocenters. The van der Waals surface area contributed by atoms with Gasteiger partial charge in [0.25, 0.3) is 0 Å². The molecule has 0 amide bonds. The van der Waals surface area contributed by atoms with Crippen molar-refractivity contribution >= 4 is 5.69 Å². The fourth-order valence-electron chi connectivity index (χ4n) is 2.89. The van der Waals surface area contributed by atoms with Gasteiger partial charge in [-0.1, -0.05) is 24.3 Å². The molecule has 1 unspecified atom stereocenters. The van der Waals surface area contributed by atoms with E-state index in [2.05, 4.69) is 24.1 Å². The van der Waals surface area contributed by atoms with Gasteiger partial charge in [0.05, 0.1) is 6.61 Å². The minimum Gasteiger partial charge on any atom is -0.494 e. The van der Waals surface area contributed by atoms with Gasteiger partial charge in [0, 0.05) is 19.3 Å². The monoisotopic (exact) mass is 283 g/mol. The molecule has 3 rings (SSSR count). The lowest BCUT2D eigenvalue weighted by molar-refractivity contribution is 0.219. The molecule has 2 aromatic carbocycles. The van der Waals surface area contributed by atoms with Crippen LogP contribution in [0.2, 0.25) is 0 Å². The smallest absolute Gasteiger partial charge is 0.119 e. The van der Waals surface area contributed by atoms with Crippen molar-refractivity contribution in [1.82, 2.24) is 0 Å². The predicted octanol–water partition coefficient (Wildman–Crippen LogP) is 3.16. The van der Waals surface area contributed by atoms with E-state index in [0.29, 0.717) is 6.61 Å². The number of aliphatic hydroxyl groups excluding tert-OH is 1. The first-order valence-electron chi connectivity index (χ1n) is 7.44. The van der Waals surface area contributed by atoms with E-state index in [0.717, 1.165) is 29.8 Å². The largest absolute Gasteiger partial charge is 0.494 e. The molecule has 2 aromatic rings. The highest BCUT2D eigenvalue weighted by Gasteiger charge is 2.18. The summed E-state index contributed by atoms with van der Waals surface area (Å²) in [6, 6.07) is 13.9. The molecule has 1 aliphatic heterocycles. The van der Waals surface area contributed by atoms with Crippen LogP contribution in [0.1, 0.15) is 29.7 Å². The van der Waals surface area contributed by atoms with Crippen LogP contribution in [-0.2, 0) is 6.42 Å². The van der Waals surface area contributed by atoms with E-state index >= 15 is 0 Å². The molecular weight excluding hydrogens is 262 g/mol. The molecule has 0 saturated heterocycles. The number of anilines is 1. The number of hydrogen-bond donors (Lipinski definition) is 1. The summed E-state index contributed by atoms with van der Waals surface area (Å²) in [6.07, 6.45) is 0.437. The number of nitrogens with zero attached hydrogens (tertiary/aromatic N) is 1. The van der Waals surface area contributed by atoms with E-state index < -0.39 is 6.10 Å². The molecule has 0 saturated carbocycles. The van der Waals surface area contributed by atoms with Crippen LogP contribution < -0.4 is 9.64 Å². The minimum atomic E-state index is -0.610. The molecule has 1 N–H and O–H groups in total. The second-order valence-electron chi connectivity index (χ2n) is 5.47. The van der Waals surface area contributed by atoms with E-state index in [1.807, 2.05) is 37.3 Å². The molecule has 110 valence electrons. The molecule has 1 aliphatic rings. The summed E-state index contributed by atoms with van der Waals surface area (Å²) in [6.45, 7) is 3.64. The Morgan fingerprint density at radius 2 is 2.00 bits per heavy atom. The Morgan fingerprint density at radius 3 is 2.81 bits per heavy atom. The van der Waals surface area contributed by atoms with Gasteiger partial charge in [0.15, 0.2) is 0 Å². The number of rotatable bonds is 4. The number of aliphatic hydroxyl groups is 1. The van der Waals surface area contributed by atoms with Crippen molar-refractivity contribution in [3.63, 3.8) is 0 Å². The standard InChI is InChI=1S/C18H21NO2/c1-3-21-16-6-4-5-14(12-16)18(20)15-7-8-17-13(11-15)9-10-19(17)2/h4-8,11-12,18,20H,3,9-10H2,1-2H3. The fraction of sp³-hybridized carbons (Fsp3) is 0.333. The van der Waals surface area contributed by atoms with Gasteiger partial charge >= 0.3 is 0 Å². The highest BCUT2D eigenvalue weighted by molar-refractivity contribution is 5.59. The summed E-state index contributed by atoms with van der Waals surface area (Å²) in [5, 5.41) is 10.6. The van der Waals surface area contributed by atoms with Gasteiger partial charge in [-0.3, -0.25) is 0 Å². The molecule has 0 radical (unpaired) electrons. The summed E-state index contributed by atoms with van der Waals surface area (Å²) in [7, 11) is 2.10. The maximum atomic E-state index is 10.6. The topological polar surface area (TPSA) is 32.7 Å². The van der Waals surface area contributed by atoms with Crippen LogP contribution in [-0.4, -0.2) is 25.3 Å². The molecule has 0 spiro atoms. The van der Waals surface area contributed by atoms with Crippen LogP contribution >= 0.6 is 0 Å². The van der Waals surface area contributed by atoms with Gasteiger partial charge in [-0.05, 0) is 48.2 Å². The SMILES string of the molecule is CCOc1cccc(C(O)c2ccc3c(c2)CCN3C)c1. The second-order valence-corrected chi connectivity index (χ2v) is 5.47. The van der Waals surface area contributed by atoms with Crippen LogP contribution in [0, 0.1) is 0 Å². The second kappa shape index (κ2) is 5.78. The molecule has 0 bridgehead atoms. The first-order valence-corrected chi connectivity index (χ1v) is 7.44. The van der Waals surface area contributed by atoms with Crippen molar-refractivity contribution in [1.29, 1.82) is 0 Å². The Labute approximate surface area is 125 Å². The summed E-state index contributed by atoms with van der Waals surface area (Å²) in [5.41, 5.74) is 4.40. The van der Waals surface area contributed by atoms with Gasteiger partial charge < -0.3 is 14.7 Å². The minimum absolute atomic E-state index is 0.610.